The molecule has 0 saturated carbocycles. The molecule has 2 aromatic heterocycles. The summed E-state index contributed by atoms with van der Waals surface area (Å²) in [5.41, 5.74) is 5.04. The number of hydrogen-bond donors (Lipinski definition) is 2. The number of hydrogen-bond acceptors (Lipinski definition) is 3. The molecule has 0 fully saturated rings. The largest absolute Gasteiger partial charge is 0.374 e. The van der Waals surface area contributed by atoms with Gasteiger partial charge in [0.25, 0.3) is 0 Å². The molecule has 0 aliphatic rings. The van der Waals surface area contributed by atoms with E-state index in [2.05, 4.69) is 80.6 Å². The Morgan fingerprint density at radius 3 is 1.48 bits per heavy atom. The van der Waals surface area contributed by atoms with Gasteiger partial charge in [0.1, 0.15) is 0 Å². The second kappa shape index (κ2) is 12.8. The molecule has 2 aromatic carbocycles. The van der Waals surface area contributed by atoms with Gasteiger partial charge in [-0.15, -0.1) is 0 Å². The van der Waals surface area contributed by atoms with Gasteiger partial charge in [-0.3, -0.25) is 0 Å². The Labute approximate surface area is 196 Å². The lowest BCUT2D eigenvalue weighted by Gasteiger charge is -2.26. The van der Waals surface area contributed by atoms with Crippen LogP contribution in [0.5, 0.6) is 0 Å². The van der Waals surface area contributed by atoms with E-state index in [0.717, 1.165) is 51.4 Å². The van der Waals surface area contributed by atoms with Crippen LogP contribution in [0.15, 0.2) is 85.7 Å². The van der Waals surface area contributed by atoms with E-state index in [1.807, 2.05) is 12.4 Å². The Hall–Kier alpha value is -3.18. The van der Waals surface area contributed by atoms with Gasteiger partial charge in [0.15, 0.2) is 0 Å². The van der Waals surface area contributed by atoms with Crippen molar-refractivity contribution in [3.63, 3.8) is 0 Å². The van der Waals surface area contributed by atoms with Crippen LogP contribution < -0.4 is 0 Å². The summed E-state index contributed by atoms with van der Waals surface area (Å²) in [5.74, 6) is 0. The molecule has 4 rings (SSSR count). The number of aryl methyl sites for hydroxylation is 2. The van der Waals surface area contributed by atoms with E-state index >= 15 is 0 Å². The maximum Gasteiger partial charge on any atom is 0.0921 e. The lowest BCUT2D eigenvalue weighted by Crippen LogP contribution is -2.26. The van der Waals surface area contributed by atoms with Crippen molar-refractivity contribution in [1.29, 1.82) is 0 Å². The molecule has 0 saturated heterocycles. The zero-order valence-electron chi connectivity index (χ0n) is 19.2. The van der Waals surface area contributed by atoms with Gasteiger partial charge < -0.3 is 14.7 Å². The van der Waals surface area contributed by atoms with Crippen molar-refractivity contribution >= 4 is 0 Å². The number of benzene rings is 2. The molecule has 0 bridgehead atoms. The number of aromatic nitrogens is 4. The van der Waals surface area contributed by atoms with Crippen molar-refractivity contribution in [3.05, 3.63) is 108 Å². The fourth-order valence-electron chi connectivity index (χ4n) is 4.35. The van der Waals surface area contributed by atoms with Crippen LogP contribution in [0.2, 0.25) is 0 Å². The van der Waals surface area contributed by atoms with Gasteiger partial charge in [-0.2, -0.15) is 0 Å². The van der Waals surface area contributed by atoms with E-state index in [-0.39, 0.29) is 12.2 Å². The third-order valence-electron chi connectivity index (χ3n) is 6.05. The summed E-state index contributed by atoms with van der Waals surface area (Å²) < 4.78 is 6.85. The van der Waals surface area contributed by atoms with Gasteiger partial charge in [0.2, 0.25) is 0 Å². The number of ether oxygens (including phenoxy) is 1. The first kappa shape index (κ1) is 23.0. The zero-order valence-corrected chi connectivity index (χ0v) is 19.2. The van der Waals surface area contributed by atoms with E-state index in [4.69, 9.17) is 4.74 Å². The predicted octanol–water partition coefficient (Wildman–Crippen LogP) is 5.72. The predicted molar refractivity (Wildman–Crippen MR) is 132 cm³/mol. The lowest BCUT2D eigenvalue weighted by atomic mass is 9.99. The lowest BCUT2D eigenvalue weighted by molar-refractivity contribution is -0.0211. The Morgan fingerprint density at radius 2 is 1.09 bits per heavy atom. The number of imidazole rings is 2. The summed E-state index contributed by atoms with van der Waals surface area (Å²) in [7, 11) is 0. The number of nitrogens with one attached hydrogen (secondary N) is 2. The van der Waals surface area contributed by atoms with Gasteiger partial charge in [-0.25, -0.2) is 9.97 Å². The number of aromatic amines is 2. The molecule has 0 amide bonds. The second-order valence-corrected chi connectivity index (χ2v) is 8.70. The van der Waals surface area contributed by atoms with Gasteiger partial charge >= 0.3 is 0 Å². The highest BCUT2D eigenvalue weighted by Gasteiger charge is 2.18. The smallest absolute Gasteiger partial charge is 0.0921 e. The fraction of sp³-hybridized carbons (Fsp3) is 0.357. The van der Waals surface area contributed by atoms with Crippen LogP contribution in [-0.2, 0) is 30.4 Å². The average molecular weight is 443 g/mol. The van der Waals surface area contributed by atoms with Gasteiger partial charge in [-0.1, -0.05) is 60.7 Å². The number of nitrogens with zero attached hydrogens (tertiary/aromatic N) is 2. The maximum atomic E-state index is 6.85. The summed E-state index contributed by atoms with van der Waals surface area (Å²) in [6.07, 6.45) is 15.8. The van der Waals surface area contributed by atoms with Crippen molar-refractivity contribution < 1.29 is 4.74 Å². The van der Waals surface area contributed by atoms with E-state index in [9.17, 15) is 0 Å². The average Bonchev–Trinajstić information content (AvgIpc) is 3.55. The first-order valence-electron chi connectivity index (χ1n) is 12.0. The minimum Gasteiger partial charge on any atom is -0.374 e. The molecular weight excluding hydrogens is 408 g/mol. The van der Waals surface area contributed by atoms with Crippen LogP contribution in [0, 0.1) is 0 Å². The highest BCUT2D eigenvalue weighted by atomic mass is 16.5. The highest BCUT2D eigenvalue weighted by Crippen LogP contribution is 2.20. The van der Waals surface area contributed by atoms with Crippen molar-refractivity contribution in [2.45, 2.75) is 63.6 Å². The molecule has 172 valence electrons. The Balaban J connectivity index is 1.40. The third kappa shape index (κ3) is 8.03. The molecular formula is C28H34N4O. The van der Waals surface area contributed by atoms with Crippen molar-refractivity contribution in [2.75, 3.05) is 0 Å². The van der Waals surface area contributed by atoms with Gasteiger partial charge in [-0.05, 0) is 62.5 Å². The monoisotopic (exact) mass is 442 g/mol. The molecule has 5 nitrogen and oxygen atoms in total. The Bertz CT molecular complexity index is 917. The van der Waals surface area contributed by atoms with E-state index in [1.54, 1.807) is 12.7 Å². The molecule has 2 N–H and O–H groups in total. The zero-order chi connectivity index (χ0) is 22.6. The minimum absolute atomic E-state index is 0.191. The third-order valence-corrected chi connectivity index (χ3v) is 6.05. The van der Waals surface area contributed by atoms with Crippen LogP contribution in [0.25, 0.3) is 0 Å². The van der Waals surface area contributed by atoms with Crippen molar-refractivity contribution in [3.8, 4) is 0 Å². The molecule has 33 heavy (non-hydrogen) atoms. The minimum atomic E-state index is 0.191. The van der Waals surface area contributed by atoms with E-state index < -0.39 is 0 Å². The summed E-state index contributed by atoms with van der Waals surface area (Å²) in [5, 5.41) is 0. The van der Waals surface area contributed by atoms with Crippen molar-refractivity contribution in [2.24, 2.45) is 0 Å². The van der Waals surface area contributed by atoms with Crippen LogP contribution in [-0.4, -0.2) is 32.1 Å². The van der Waals surface area contributed by atoms with E-state index in [0.29, 0.717) is 0 Å². The topological polar surface area (TPSA) is 66.6 Å². The summed E-state index contributed by atoms with van der Waals surface area (Å²) in [4.78, 5) is 14.7. The van der Waals surface area contributed by atoms with Gasteiger partial charge in [0.05, 0.1) is 24.9 Å². The van der Waals surface area contributed by atoms with Crippen molar-refractivity contribution in [1.82, 2.24) is 19.9 Å². The summed E-state index contributed by atoms with van der Waals surface area (Å²) >= 11 is 0. The molecule has 0 aliphatic heterocycles. The van der Waals surface area contributed by atoms with E-state index in [1.165, 1.54) is 22.5 Å². The molecule has 2 heterocycles. The quantitative estimate of drug-likeness (QED) is 0.263. The Kier molecular flexibility index (Phi) is 8.89. The maximum absolute atomic E-state index is 6.85. The standard InChI is InChI=1S/C28H34N4O/c1-3-9-23(10-4-1)17-27(15-7-13-25-19-29-21-31-25)33-28(18-24-11-5-2-6-12-24)16-8-14-26-20-30-22-32-26/h1-6,9-12,19-22,27-28H,7-8,13-18H2,(H,29,31)(H,30,32). The van der Waals surface area contributed by atoms with Crippen LogP contribution in [0.3, 0.4) is 0 Å². The number of H-pyrrole nitrogens is 2. The SMILES string of the molecule is c1ccc(CC(CCCc2cnc[nH]2)OC(CCCc2cnc[nH]2)Cc2ccccc2)cc1. The molecule has 0 aliphatic carbocycles. The van der Waals surface area contributed by atoms with Crippen LogP contribution in [0.1, 0.15) is 48.2 Å². The highest BCUT2D eigenvalue weighted by molar-refractivity contribution is 5.17. The molecule has 0 radical (unpaired) electrons. The fourth-order valence-corrected chi connectivity index (χ4v) is 4.35. The Morgan fingerprint density at radius 1 is 0.636 bits per heavy atom. The second-order valence-electron chi connectivity index (χ2n) is 8.70. The summed E-state index contributed by atoms with van der Waals surface area (Å²) in [6, 6.07) is 21.4. The molecule has 2 unspecified atom stereocenters. The molecule has 0 spiro atoms. The van der Waals surface area contributed by atoms with Gasteiger partial charge in [0, 0.05) is 23.8 Å². The molecule has 5 heteroatoms. The first-order valence-corrected chi connectivity index (χ1v) is 12.0. The normalized spacial score (nSPS) is 13.1. The van der Waals surface area contributed by atoms with Crippen LogP contribution in [0.4, 0.5) is 0 Å². The molecule has 2 atom stereocenters. The summed E-state index contributed by atoms with van der Waals surface area (Å²) in [6.45, 7) is 0. The first-order chi connectivity index (χ1) is 16.3. The molecule has 4 aromatic rings. The van der Waals surface area contributed by atoms with Crippen LogP contribution >= 0.6 is 0 Å². The number of rotatable bonds is 14.